The van der Waals surface area contributed by atoms with Gasteiger partial charge in [-0.15, -0.1) is 0 Å². The zero-order valence-electron chi connectivity index (χ0n) is 15.7. The Morgan fingerprint density at radius 3 is 2.77 bits per heavy atom. The van der Waals surface area contributed by atoms with E-state index in [1.807, 2.05) is 0 Å². The lowest BCUT2D eigenvalue weighted by Gasteiger charge is -2.36. The molecule has 2 aliphatic heterocycles. The van der Waals surface area contributed by atoms with Gasteiger partial charge in [0.2, 0.25) is 0 Å². The maximum atomic E-state index is 6.20. The number of likely N-dealkylation sites (tertiary alicyclic amines) is 1. The van der Waals surface area contributed by atoms with Crippen LogP contribution in [0, 0.1) is 0 Å². The smallest absolute Gasteiger partial charge is 0.188 e. The fraction of sp³-hybridized carbons (Fsp3) is 0.650. The third-order valence-electron chi connectivity index (χ3n) is 5.88. The number of halogens is 1. The predicted molar refractivity (Wildman–Crippen MR) is 111 cm³/mol. The highest BCUT2D eigenvalue weighted by Crippen LogP contribution is 2.35. The van der Waals surface area contributed by atoms with E-state index in [2.05, 4.69) is 57.3 Å². The summed E-state index contributed by atoms with van der Waals surface area (Å²) in [5.41, 5.74) is 7.55. The second kappa shape index (κ2) is 9.20. The van der Waals surface area contributed by atoms with Gasteiger partial charge in [0.05, 0.1) is 6.54 Å². The molecule has 1 aromatic carbocycles. The van der Waals surface area contributed by atoms with E-state index in [0.29, 0.717) is 18.5 Å². The first-order chi connectivity index (χ1) is 12.6. The average Bonchev–Trinajstić information content (AvgIpc) is 3.13. The van der Waals surface area contributed by atoms with Crippen molar-refractivity contribution >= 4 is 21.9 Å². The molecule has 0 bridgehead atoms. The number of likely N-dealkylation sites (N-methyl/N-ethyl adjacent to an activating group) is 1. The van der Waals surface area contributed by atoms with Gasteiger partial charge in [-0.1, -0.05) is 35.0 Å². The second-order valence-corrected chi connectivity index (χ2v) is 8.32. The Labute approximate surface area is 165 Å². The van der Waals surface area contributed by atoms with Crippen molar-refractivity contribution < 1.29 is 4.74 Å². The molecule has 2 heterocycles. The van der Waals surface area contributed by atoms with Gasteiger partial charge in [0, 0.05) is 35.7 Å². The van der Waals surface area contributed by atoms with Crippen molar-refractivity contribution in [1.29, 1.82) is 0 Å². The van der Waals surface area contributed by atoms with E-state index < -0.39 is 0 Å². The van der Waals surface area contributed by atoms with Gasteiger partial charge in [-0.2, -0.15) is 0 Å². The quantitative estimate of drug-likeness (QED) is 0.546. The first kappa shape index (κ1) is 19.6. The summed E-state index contributed by atoms with van der Waals surface area (Å²) in [5, 5.41) is 3.35. The Balaban J connectivity index is 1.63. The van der Waals surface area contributed by atoms with Crippen LogP contribution in [0.5, 0.6) is 0 Å². The van der Waals surface area contributed by atoms with E-state index in [1.165, 1.54) is 24.9 Å². The summed E-state index contributed by atoms with van der Waals surface area (Å²) >= 11 is 3.53. The molecule has 0 spiro atoms. The zero-order chi connectivity index (χ0) is 18.4. The first-order valence-electron chi connectivity index (χ1n) is 9.74. The van der Waals surface area contributed by atoms with Gasteiger partial charge in [0.1, 0.15) is 0 Å². The summed E-state index contributed by atoms with van der Waals surface area (Å²) in [6.45, 7) is 7.70. The lowest BCUT2D eigenvalue weighted by molar-refractivity contribution is 0.0531. The molecule has 3 rings (SSSR count). The van der Waals surface area contributed by atoms with Crippen molar-refractivity contribution in [3.8, 4) is 0 Å². The van der Waals surface area contributed by atoms with Gasteiger partial charge in [-0.05, 0) is 56.5 Å². The standard InChI is InChI=1S/C20H31BrN4O/c1-2-25-11-3-4-18(25)14-23-19(22)24-15-20(9-12-26-13-10-20)16-5-7-17(21)8-6-16/h5-8,18H,2-4,9-15H2,1H3,(H3,22,23,24). The predicted octanol–water partition coefficient (Wildman–Crippen LogP) is 2.89. The molecular formula is C20H31BrN4O. The first-order valence-corrected chi connectivity index (χ1v) is 10.5. The van der Waals surface area contributed by atoms with E-state index in [9.17, 15) is 0 Å². The van der Waals surface area contributed by atoms with Crippen molar-refractivity contribution in [3.05, 3.63) is 34.3 Å². The van der Waals surface area contributed by atoms with E-state index in [0.717, 1.165) is 43.6 Å². The van der Waals surface area contributed by atoms with Crippen LogP contribution in [-0.2, 0) is 10.2 Å². The molecule has 1 aromatic rings. The number of nitrogens with one attached hydrogen (secondary N) is 1. The summed E-state index contributed by atoms with van der Waals surface area (Å²) in [4.78, 5) is 7.24. The minimum absolute atomic E-state index is 0.0219. The van der Waals surface area contributed by atoms with Crippen LogP contribution in [0.15, 0.2) is 33.7 Å². The molecule has 2 fully saturated rings. The number of aliphatic imine (C=N–C) groups is 1. The Bertz CT molecular complexity index is 598. The highest BCUT2D eigenvalue weighted by Gasteiger charge is 2.34. The SMILES string of the molecule is CCN1CCCC1CNC(N)=NCC1(c2ccc(Br)cc2)CCOCC1. The molecule has 0 aromatic heterocycles. The largest absolute Gasteiger partial charge is 0.381 e. The minimum atomic E-state index is 0.0219. The summed E-state index contributed by atoms with van der Waals surface area (Å²) in [7, 11) is 0. The van der Waals surface area contributed by atoms with E-state index in [-0.39, 0.29) is 5.41 Å². The maximum absolute atomic E-state index is 6.20. The van der Waals surface area contributed by atoms with Gasteiger partial charge in [-0.3, -0.25) is 9.89 Å². The fourth-order valence-electron chi connectivity index (χ4n) is 4.16. The molecule has 0 saturated carbocycles. The number of benzene rings is 1. The normalized spacial score (nSPS) is 23.9. The van der Waals surface area contributed by atoms with Crippen LogP contribution in [-0.4, -0.2) is 56.3 Å². The molecule has 144 valence electrons. The zero-order valence-corrected chi connectivity index (χ0v) is 17.3. The van der Waals surface area contributed by atoms with Crippen molar-refractivity contribution in [2.75, 3.05) is 39.4 Å². The molecule has 2 aliphatic rings. The molecule has 0 aliphatic carbocycles. The van der Waals surface area contributed by atoms with Gasteiger partial charge < -0.3 is 15.8 Å². The van der Waals surface area contributed by atoms with Crippen molar-refractivity contribution in [2.45, 2.75) is 44.1 Å². The molecule has 1 atom stereocenters. The molecular weight excluding hydrogens is 392 g/mol. The van der Waals surface area contributed by atoms with Gasteiger partial charge in [-0.25, -0.2) is 0 Å². The van der Waals surface area contributed by atoms with Gasteiger partial charge in [0.15, 0.2) is 5.96 Å². The summed E-state index contributed by atoms with van der Waals surface area (Å²) in [6, 6.07) is 9.20. The third-order valence-corrected chi connectivity index (χ3v) is 6.41. The van der Waals surface area contributed by atoms with Crippen LogP contribution in [0.3, 0.4) is 0 Å². The topological polar surface area (TPSA) is 62.9 Å². The Kier molecular flexibility index (Phi) is 6.95. The lowest BCUT2D eigenvalue weighted by atomic mass is 9.74. The monoisotopic (exact) mass is 422 g/mol. The molecule has 1 unspecified atom stereocenters. The third kappa shape index (κ3) is 4.78. The number of nitrogens with zero attached hydrogens (tertiary/aromatic N) is 2. The van der Waals surface area contributed by atoms with Crippen molar-refractivity contribution in [3.63, 3.8) is 0 Å². The average molecular weight is 423 g/mol. The number of guanidine groups is 1. The second-order valence-electron chi connectivity index (χ2n) is 7.41. The number of rotatable bonds is 6. The summed E-state index contributed by atoms with van der Waals surface area (Å²) < 4.78 is 6.71. The van der Waals surface area contributed by atoms with Crippen LogP contribution < -0.4 is 11.1 Å². The minimum Gasteiger partial charge on any atom is -0.381 e. The number of hydrogen-bond acceptors (Lipinski definition) is 3. The van der Waals surface area contributed by atoms with Crippen LogP contribution in [0.1, 0.15) is 38.2 Å². The van der Waals surface area contributed by atoms with Crippen LogP contribution in [0.4, 0.5) is 0 Å². The number of nitrogens with two attached hydrogens (primary N) is 1. The van der Waals surface area contributed by atoms with E-state index in [4.69, 9.17) is 15.5 Å². The van der Waals surface area contributed by atoms with Crippen molar-refractivity contribution in [2.24, 2.45) is 10.7 Å². The van der Waals surface area contributed by atoms with Crippen LogP contribution in [0.2, 0.25) is 0 Å². The highest BCUT2D eigenvalue weighted by atomic mass is 79.9. The Hall–Kier alpha value is -1.11. The van der Waals surface area contributed by atoms with Gasteiger partial charge >= 0.3 is 0 Å². The van der Waals surface area contributed by atoms with E-state index in [1.54, 1.807) is 0 Å². The molecule has 0 radical (unpaired) electrons. The molecule has 3 N–H and O–H groups in total. The molecule has 2 saturated heterocycles. The van der Waals surface area contributed by atoms with E-state index >= 15 is 0 Å². The molecule has 5 nitrogen and oxygen atoms in total. The lowest BCUT2D eigenvalue weighted by Crippen LogP contribution is -2.44. The summed E-state index contributed by atoms with van der Waals surface area (Å²) in [6.07, 6.45) is 4.49. The highest BCUT2D eigenvalue weighted by molar-refractivity contribution is 9.10. The fourth-order valence-corrected chi connectivity index (χ4v) is 4.43. The molecule has 0 amide bonds. The van der Waals surface area contributed by atoms with Crippen LogP contribution >= 0.6 is 15.9 Å². The van der Waals surface area contributed by atoms with Crippen LogP contribution in [0.25, 0.3) is 0 Å². The summed E-state index contributed by atoms with van der Waals surface area (Å²) in [5.74, 6) is 0.566. The maximum Gasteiger partial charge on any atom is 0.188 e. The Morgan fingerprint density at radius 2 is 2.08 bits per heavy atom. The van der Waals surface area contributed by atoms with Crippen molar-refractivity contribution in [1.82, 2.24) is 10.2 Å². The number of hydrogen-bond donors (Lipinski definition) is 2. The molecule has 26 heavy (non-hydrogen) atoms. The Morgan fingerprint density at radius 1 is 1.35 bits per heavy atom. The number of ether oxygens (including phenoxy) is 1. The van der Waals surface area contributed by atoms with Gasteiger partial charge in [0.25, 0.3) is 0 Å². The molecule has 6 heteroatoms.